The molecule has 0 bridgehead atoms. The van der Waals surface area contributed by atoms with Crippen LogP contribution in [0, 0.1) is 25.8 Å². The summed E-state index contributed by atoms with van der Waals surface area (Å²) < 4.78 is 50.4. The molecule has 0 saturated carbocycles. The zero-order valence-corrected chi connectivity index (χ0v) is 24.7. The van der Waals surface area contributed by atoms with Crippen LogP contribution in [0.25, 0.3) is 44.5 Å². The van der Waals surface area contributed by atoms with Crippen molar-refractivity contribution in [3.8, 4) is 22.5 Å². The van der Waals surface area contributed by atoms with Gasteiger partial charge in [-0.3, -0.25) is 0 Å². The minimum absolute atomic E-state index is 0. The van der Waals surface area contributed by atoms with Gasteiger partial charge in [-0.15, -0.1) is 54.1 Å². The number of rotatable bonds is 3. The largest absolute Gasteiger partial charge is 0.501 e. The Labute approximate surface area is 247 Å². The van der Waals surface area contributed by atoms with Crippen LogP contribution in [-0.2, 0) is 20.1 Å². The minimum atomic E-state index is -2.16. The first-order valence-electron chi connectivity index (χ1n) is 15.0. The van der Waals surface area contributed by atoms with Crippen molar-refractivity contribution < 1.29 is 32.7 Å². The summed E-state index contributed by atoms with van der Waals surface area (Å²) in [5.74, 6) is 0. The van der Waals surface area contributed by atoms with Crippen LogP contribution in [0.3, 0.4) is 0 Å². The summed E-state index contributed by atoms with van der Waals surface area (Å²) in [6.07, 6.45) is 2.80. The Bertz CT molecular complexity index is 1860. The molecule has 1 radical (unpaired) electrons. The number of furan rings is 1. The van der Waals surface area contributed by atoms with Crippen molar-refractivity contribution in [1.29, 1.82) is 0 Å². The van der Waals surface area contributed by atoms with Gasteiger partial charge in [-0.2, -0.15) is 0 Å². The molecule has 5 heteroatoms. The van der Waals surface area contributed by atoms with Gasteiger partial charge in [0.1, 0.15) is 5.58 Å². The average molecular weight is 697 g/mol. The van der Waals surface area contributed by atoms with Crippen LogP contribution >= 0.6 is 0 Å². The molecule has 3 nitrogen and oxygen atoms in total. The Balaban J connectivity index is 0.000000223. The molecule has 0 spiro atoms. The number of aryl methyl sites for hydroxylation is 2. The number of nitrogens with zero attached hydrogens (tertiary/aromatic N) is 2. The van der Waals surface area contributed by atoms with Crippen LogP contribution in [-0.4, -0.2) is 18.0 Å². The second kappa shape index (κ2) is 11.6. The van der Waals surface area contributed by atoms with Crippen molar-refractivity contribution in [3.63, 3.8) is 0 Å². The number of hydrogen-bond acceptors (Lipinski definition) is 3. The van der Waals surface area contributed by atoms with Gasteiger partial charge in [0.25, 0.3) is 0 Å². The maximum atomic E-state index is 7.51. The van der Waals surface area contributed by atoms with Crippen LogP contribution in [0.5, 0.6) is 0 Å². The van der Waals surface area contributed by atoms with E-state index in [2.05, 4.69) is 47.8 Å². The molecule has 38 heavy (non-hydrogen) atoms. The summed E-state index contributed by atoms with van der Waals surface area (Å²) in [6, 6.07) is 30.5. The van der Waals surface area contributed by atoms with Gasteiger partial charge in [-0.05, 0) is 42.3 Å². The summed E-state index contributed by atoms with van der Waals surface area (Å²) in [4.78, 5) is 8.49. The number of benzene rings is 3. The van der Waals surface area contributed by atoms with Gasteiger partial charge in [-0.25, -0.2) is 0 Å². The van der Waals surface area contributed by atoms with Crippen LogP contribution in [0.15, 0.2) is 95.7 Å². The second-order valence-electron chi connectivity index (χ2n) is 9.77. The van der Waals surface area contributed by atoms with E-state index in [1.807, 2.05) is 42.5 Å². The number of hydrogen-bond donors (Lipinski definition) is 0. The minimum Gasteiger partial charge on any atom is -0.501 e. The smallest absolute Gasteiger partial charge is 0.120 e. The Morgan fingerprint density at radius 1 is 0.763 bits per heavy atom. The van der Waals surface area contributed by atoms with Gasteiger partial charge in [0.05, 0.1) is 13.7 Å². The van der Waals surface area contributed by atoms with E-state index < -0.39 is 21.8 Å². The Hall–Kier alpha value is -3.37. The number of fused-ring (bicyclic) bond motifs is 3. The SMILES string of the molecule is [2H]C([2H])([2H])c1ccc(-c2[c-]ccc3c2oc2cccc([Si](C)(C)C)c23)nc1.[2H]C([2H])([2H])c1ccc(-c2[c-]cccc2)nc1.[Ir]. The summed E-state index contributed by atoms with van der Waals surface area (Å²) in [5.41, 5.74) is 5.09. The van der Waals surface area contributed by atoms with E-state index in [4.69, 9.17) is 12.6 Å². The number of pyridine rings is 2. The molecule has 0 aliphatic rings. The first kappa shape index (κ1) is 20.6. The summed E-state index contributed by atoms with van der Waals surface area (Å²) in [5, 5.41) is 3.58. The van der Waals surface area contributed by atoms with Gasteiger partial charge in [0.2, 0.25) is 0 Å². The Kier molecular flexibility index (Phi) is 6.26. The fourth-order valence-corrected chi connectivity index (χ4v) is 5.86. The van der Waals surface area contributed by atoms with E-state index in [0.717, 1.165) is 33.4 Å². The third kappa shape index (κ3) is 5.86. The summed E-state index contributed by atoms with van der Waals surface area (Å²) in [7, 11) is -1.55. The Morgan fingerprint density at radius 2 is 1.50 bits per heavy atom. The maximum Gasteiger partial charge on any atom is 0.120 e. The molecule has 0 unspecified atom stereocenters. The van der Waals surface area contributed by atoms with Crippen molar-refractivity contribution in [3.05, 3.63) is 115 Å². The average Bonchev–Trinajstić information content (AvgIpc) is 3.36. The quantitative estimate of drug-likeness (QED) is 0.139. The van der Waals surface area contributed by atoms with E-state index in [9.17, 15) is 0 Å². The van der Waals surface area contributed by atoms with Crippen molar-refractivity contribution in [2.24, 2.45) is 0 Å². The van der Waals surface area contributed by atoms with Gasteiger partial charge in [0, 0.05) is 46.1 Å². The fourth-order valence-electron chi connectivity index (χ4n) is 4.25. The van der Waals surface area contributed by atoms with Crippen molar-refractivity contribution in [2.75, 3.05) is 0 Å². The Morgan fingerprint density at radius 3 is 2.11 bits per heavy atom. The molecule has 0 aliphatic carbocycles. The van der Waals surface area contributed by atoms with Crippen LogP contribution in [0.2, 0.25) is 19.6 Å². The summed E-state index contributed by atoms with van der Waals surface area (Å²) in [6.45, 7) is 2.72. The van der Waals surface area contributed by atoms with Crippen molar-refractivity contribution in [2.45, 2.75) is 33.3 Å². The first-order valence-corrected chi connectivity index (χ1v) is 15.5. The van der Waals surface area contributed by atoms with Crippen LogP contribution < -0.4 is 5.19 Å². The summed E-state index contributed by atoms with van der Waals surface area (Å²) >= 11 is 0. The van der Waals surface area contributed by atoms with E-state index in [-0.39, 0.29) is 31.2 Å². The molecule has 3 heterocycles. The molecule has 0 saturated heterocycles. The van der Waals surface area contributed by atoms with E-state index in [0.29, 0.717) is 5.69 Å². The third-order valence-corrected chi connectivity index (χ3v) is 8.07. The van der Waals surface area contributed by atoms with E-state index in [1.54, 1.807) is 30.3 Å². The molecule has 0 N–H and O–H groups in total. The molecular formula is C33H30IrN2OSi-2. The molecule has 0 amide bonds. The second-order valence-corrected chi connectivity index (χ2v) is 14.8. The molecule has 6 aromatic rings. The molecule has 6 rings (SSSR count). The van der Waals surface area contributed by atoms with Crippen LogP contribution in [0.4, 0.5) is 0 Å². The molecule has 0 fully saturated rings. The van der Waals surface area contributed by atoms with Gasteiger partial charge < -0.3 is 14.4 Å². The van der Waals surface area contributed by atoms with Crippen molar-refractivity contribution in [1.82, 2.24) is 9.97 Å². The molecule has 0 atom stereocenters. The van der Waals surface area contributed by atoms with E-state index in [1.165, 1.54) is 23.0 Å². The van der Waals surface area contributed by atoms with Gasteiger partial charge >= 0.3 is 0 Å². The zero-order chi connectivity index (χ0) is 31.0. The van der Waals surface area contributed by atoms with Gasteiger partial charge in [0.15, 0.2) is 0 Å². The molecular weight excluding hydrogens is 661 g/mol. The molecule has 193 valence electrons. The molecule has 0 aliphatic heterocycles. The fraction of sp³-hybridized carbons (Fsp3) is 0.152. The topological polar surface area (TPSA) is 38.9 Å². The van der Waals surface area contributed by atoms with Gasteiger partial charge in [-0.1, -0.05) is 72.2 Å². The first-order chi connectivity index (χ1) is 20.2. The van der Waals surface area contributed by atoms with Crippen LogP contribution in [0.1, 0.15) is 19.4 Å². The molecule has 3 aromatic heterocycles. The van der Waals surface area contributed by atoms with E-state index >= 15 is 0 Å². The zero-order valence-electron chi connectivity index (χ0n) is 27.3. The number of aromatic nitrogens is 2. The standard InChI is InChI=1S/C21H20NOSi.C12H10N.Ir/c1-14-11-12-17(22-13-14)15-7-5-8-16-20-18(23-21(15)16)9-6-10-19(20)24(2,3)4;1-10-7-8-12(13-9-10)11-5-3-2-4-6-11;/h5-6,8-13H,1-4H3;2-5,7-9H,1H3;/q2*-1;/i2*1D3;. The molecule has 3 aromatic carbocycles. The third-order valence-electron chi connectivity index (χ3n) is 6.03. The van der Waals surface area contributed by atoms with Crippen molar-refractivity contribution >= 4 is 35.2 Å². The maximum absolute atomic E-state index is 7.51. The predicted octanol–water partition coefficient (Wildman–Crippen LogP) is 8.16. The normalized spacial score (nSPS) is 14.1. The predicted molar refractivity (Wildman–Crippen MR) is 157 cm³/mol. The monoisotopic (exact) mass is 697 g/mol.